The van der Waals surface area contributed by atoms with E-state index in [2.05, 4.69) is 20.1 Å². The molecule has 0 unspecified atom stereocenters. The van der Waals surface area contributed by atoms with Crippen molar-refractivity contribution in [3.8, 4) is 0 Å². The molecule has 2 aliphatic heterocycles. The van der Waals surface area contributed by atoms with Gasteiger partial charge in [0.25, 0.3) is 5.91 Å². The van der Waals surface area contributed by atoms with Crippen molar-refractivity contribution in [3.05, 3.63) is 81.5 Å². The summed E-state index contributed by atoms with van der Waals surface area (Å²) >= 11 is 6.61. The number of benzene rings is 2. The van der Waals surface area contributed by atoms with Crippen LogP contribution in [-0.2, 0) is 24.2 Å². The zero-order valence-electron chi connectivity index (χ0n) is 18.8. The molecule has 4 aromatic rings. The van der Waals surface area contributed by atoms with Crippen LogP contribution >= 0.6 is 11.6 Å². The fraction of sp³-hybridized carbons (Fsp3) is 0.240. The molecule has 0 spiro atoms. The highest BCUT2D eigenvalue weighted by molar-refractivity contribution is 6.31. The van der Waals surface area contributed by atoms with Crippen molar-refractivity contribution in [3.63, 3.8) is 0 Å². The molecule has 1 N–H and O–H groups in total. The van der Waals surface area contributed by atoms with E-state index >= 15 is 0 Å². The van der Waals surface area contributed by atoms with Gasteiger partial charge in [-0.05, 0) is 24.1 Å². The number of H-pyrrole nitrogens is 1. The van der Waals surface area contributed by atoms with Crippen LogP contribution in [0.2, 0.25) is 5.15 Å². The second-order valence-corrected chi connectivity index (χ2v) is 9.16. The van der Waals surface area contributed by atoms with Gasteiger partial charge in [-0.2, -0.15) is 10.2 Å². The number of hydrogen-bond acceptors (Lipinski definition) is 4. The van der Waals surface area contributed by atoms with Crippen molar-refractivity contribution in [2.24, 2.45) is 0 Å². The van der Waals surface area contributed by atoms with Crippen LogP contribution in [0.5, 0.6) is 0 Å². The van der Waals surface area contributed by atoms with Crippen molar-refractivity contribution in [2.45, 2.75) is 25.4 Å². The Morgan fingerprint density at radius 2 is 2.03 bits per heavy atom. The lowest BCUT2D eigenvalue weighted by atomic mass is 10.0. The summed E-state index contributed by atoms with van der Waals surface area (Å²) in [5, 5.41) is 13.2. The molecule has 10 heteroatoms. The lowest BCUT2D eigenvalue weighted by Crippen LogP contribution is -2.53. The van der Waals surface area contributed by atoms with E-state index < -0.39 is 6.04 Å². The van der Waals surface area contributed by atoms with E-state index in [0.717, 1.165) is 16.6 Å². The summed E-state index contributed by atoms with van der Waals surface area (Å²) in [6, 6.07) is 12.4. The van der Waals surface area contributed by atoms with E-state index in [1.807, 2.05) is 30.3 Å². The Hall–Kier alpha value is -4.16. The highest BCUT2D eigenvalue weighted by Gasteiger charge is 2.41. The Morgan fingerprint density at radius 1 is 1.23 bits per heavy atom. The second-order valence-electron chi connectivity index (χ2n) is 8.80. The lowest BCUT2D eigenvalue weighted by molar-refractivity contribution is -0.122. The maximum atomic E-state index is 13.6. The van der Waals surface area contributed by atoms with Crippen LogP contribution in [-0.4, -0.2) is 56.3 Å². The molecule has 1 atom stereocenters. The molecule has 174 valence electrons. The molecular formula is C25H20ClN7O2. The first kappa shape index (κ1) is 21.4. The minimum atomic E-state index is -0.730. The molecule has 2 aliphatic rings. The number of carbonyl (C=O) groups excluding carboxylic acids is 2. The fourth-order valence-corrected chi connectivity index (χ4v) is 5.30. The van der Waals surface area contributed by atoms with Gasteiger partial charge in [0.2, 0.25) is 5.91 Å². The molecule has 9 nitrogen and oxygen atoms in total. The van der Waals surface area contributed by atoms with Gasteiger partial charge in [0.1, 0.15) is 11.2 Å². The summed E-state index contributed by atoms with van der Waals surface area (Å²) in [5.74, 6) is -0.528. The van der Waals surface area contributed by atoms with Crippen LogP contribution in [0.4, 0.5) is 11.4 Å². The van der Waals surface area contributed by atoms with Gasteiger partial charge in [-0.15, -0.1) is 0 Å². The predicted octanol–water partition coefficient (Wildman–Crippen LogP) is 3.60. The maximum Gasteiger partial charge on any atom is 0.275 e. The third kappa shape index (κ3) is 3.29. The number of aromatic nitrogens is 4. The molecule has 0 bridgehead atoms. The lowest BCUT2D eigenvalue weighted by Gasteiger charge is -2.34. The number of fused-ring (bicyclic) bond motifs is 1. The number of aromatic amines is 1. The van der Waals surface area contributed by atoms with Gasteiger partial charge in [0, 0.05) is 42.3 Å². The van der Waals surface area contributed by atoms with Crippen molar-refractivity contribution >= 4 is 45.7 Å². The predicted molar refractivity (Wildman–Crippen MR) is 131 cm³/mol. The van der Waals surface area contributed by atoms with Crippen molar-refractivity contribution in [2.75, 3.05) is 18.5 Å². The zero-order chi connectivity index (χ0) is 24.3. The van der Waals surface area contributed by atoms with Crippen LogP contribution in [0.3, 0.4) is 0 Å². The van der Waals surface area contributed by atoms with Gasteiger partial charge >= 0.3 is 0 Å². The standard InChI is InChI=1S/C25H20ClN7O2/c1-27-15-10-17-21-18(29-28-17)12-20(24(34)31(2)19(21)11-15)32-9-8-16-22(25(32)35)30-33(23(16)26)13-14-6-4-3-5-7-14/h3-7,10-11,20H,8-9,12-13H2,2H3,(H,28,29)/t20-/m0/s1. The van der Waals surface area contributed by atoms with Gasteiger partial charge in [0.05, 0.1) is 18.6 Å². The first-order chi connectivity index (χ1) is 17.0. The molecule has 0 radical (unpaired) electrons. The smallest absolute Gasteiger partial charge is 0.275 e. The first-order valence-electron chi connectivity index (χ1n) is 11.2. The maximum absolute atomic E-state index is 13.6. The van der Waals surface area contributed by atoms with Crippen molar-refractivity contribution in [1.82, 2.24) is 24.9 Å². The number of halogens is 1. The molecule has 6 rings (SSSR count). The molecule has 0 fully saturated rings. The first-order valence-corrected chi connectivity index (χ1v) is 11.6. The summed E-state index contributed by atoms with van der Waals surface area (Å²) in [7, 11) is 1.67. The zero-order valence-corrected chi connectivity index (χ0v) is 19.6. The number of carbonyl (C=O) groups is 2. The van der Waals surface area contributed by atoms with Crippen LogP contribution < -0.4 is 4.90 Å². The average Bonchev–Trinajstić information content (AvgIpc) is 3.40. The van der Waals surface area contributed by atoms with Crippen LogP contribution in [0, 0.1) is 6.57 Å². The summed E-state index contributed by atoms with van der Waals surface area (Å²) < 4.78 is 1.64. The van der Waals surface area contributed by atoms with Gasteiger partial charge in [0.15, 0.2) is 11.4 Å². The average molecular weight is 486 g/mol. The van der Waals surface area contributed by atoms with Crippen LogP contribution in [0.25, 0.3) is 15.7 Å². The quantitative estimate of drug-likeness (QED) is 0.449. The number of nitrogens with one attached hydrogen (secondary N) is 1. The second kappa shape index (κ2) is 7.96. The van der Waals surface area contributed by atoms with Crippen LogP contribution in [0.1, 0.15) is 27.3 Å². The van der Waals surface area contributed by atoms with Gasteiger partial charge in [-0.3, -0.25) is 14.7 Å². The van der Waals surface area contributed by atoms with E-state index in [1.165, 1.54) is 4.90 Å². The fourth-order valence-electron chi connectivity index (χ4n) is 5.02. The summed E-state index contributed by atoms with van der Waals surface area (Å²) in [6.45, 7) is 8.19. The van der Waals surface area contributed by atoms with Crippen molar-refractivity contribution < 1.29 is 9.59 Å². The van der Waals surface area contributed by atoms with Gasteiger partial charge < -0.3 is 9.80 Å². The highest BCUT2D eigenvalue weighted by Crippen LogP contribution is 2.37. The van der Waals surface area contributed by atoms with E-state index in [9.17, 15) is 9.59 Å². The molecule has 2 aromatic carbocycles. The van der Waals surface area contributed by atoms with Gasteiger partial charge in [-0.25, -0.2) is 9.53 Å². The number of amides is 2. The third-order valence-electron chi connectivity index (χ3n) is 6.80. The molecule has 4 heterocycles. The highest BCUT2D eigenvalue weighted by atomic mass is 35.5. The molecule has 35 heavy (non-hydrogen) atoms. The Balaban J connectivity index is 1.35. The molecule has 2 aromatic heterocycles. The third-order valence-corrected chi connectivity index (χ3v) is 7.22. The van der Waals surface area contributed by atoms with E-state index in [1.54, 1.807) is 28.8 Å². The Bertz CT molecular complexity index is 1550. The van der Waals surface area contributed by atoms with Crippen LogP contribution in [0.15, 0.2) is 42.5 Å². The summed E-state index contributed by atoms with van der Waals surface area (Å²) in [5.41, 5.74) is 4.44. The normalized spacial score (nSPS) is 17.5. The number of rotatable bonds is 3. The molecular weight excluding hydrogens is 466 g/mol. The van der Waals surface area contributed by atoms with E-state index in [0.29, 0.717) is 59.2 Å². The largest absolute Gasteiger partial charge is 0.324 e. The minimum Gasteiger partial charge on any atom is -0.324 e. The van der Waals surface area contributed by atoms with Gasteiger partial charge in [-0.1, -0.05) is 41.9 Å². The molecule has 0 saturated carbocycles. The minimum absolute atomic E-state index is 0.218. The number of nitrogens with zero attached hydrogens (tertiary/aromatic N) is 6. The molecule has 2 amide bonds. The Labute approximate surface area is 205 Å². The summed E-state index contributed by atoms with van der Waals surface area (Å²) in [6.07, 6.45) is 0.805. The number of anilines is 1. The Morgan fingerprint density at radius 3 is 2.80 bits per heavy atom. The monoisotopic (exact) mass is 485 g/mol. The topological polar surface area (TPSA) is 91.5 Å². The SMILES string of the molecule is [C-]#[N+]c1cc2c3c([nH]nc3c1)C[C@H](N1CCc3c(nn(Cc4ccccc4)c3Cl)C1=O)C(=O)N2C. The van der Waals surface area contributed by atoms with E-state index in [4.69, 9.17) is 18.2 Å². The molecule has 0 aliphatic carbocycles. The summed E-state index contributed by atoms with van der Waals surface area (Å²) in [4.78, 5) is 33.8. The molecule has 0 saturated heterocycles. The van der Waals surface area contributed by atoms with Crippen molar-refractivity contribution in [1.29, 1.82) is 0 Å². The van der Waals surface area contributed by atoms with E-state index in [-0.39, 0.29) is 11.8 Å². The number of likely N-dealkylation sites (N-methyl/N-ethyl adjacent to an activating group) is 1. The number of hydrogen-bond donors (Lipinski definition) is 1. The Kier molecular flexibility index (Phi) is 4.86.